The van der Waals surface area contributed by atoms with E-state index in [0.717, 1.165) is 40.4 Å². The molecule has 21 heavy (non-hydrogen) atoms. The number of hydrogen-bond donors (Lipinski definition) is 1. The molecule has 1 aromatic carbocycles. The van der Waals surface area contributed by atoms with Crippen molar-refractivity contribution < 1.29 is 0 Å². The molecule has 114 valence electrons. The average Bonchev–Trinajstić information content (AvgIpc) is 2.98. The number of aromatic amines is 1. The van der Waals surface area contributed by atoms with Crippen molar-refractivity contribution in [2.45, 2.75) is 58.5 Å². The quantitative estimate of drug-likeness (QED) is 0.832. The molecule has 4 heteroatoms. The first-order chi connectivity index (χ1) is 9.73. The van der Waals surface area contributed by atoms with Crippen molar-refractivity contribution in [2.24, 2.45) is 0 Å². The highest BCUT2D eigenvalue weighted by Gasteiger charge is 2.45. The van der Waals surface area contributed by atoms with Crippen molar-refractivity contribution >= 4 is 22.6 Å². The lowest BCUT2D eigenvalue weighted by molar-refractivity contribution is 0.0481. The molecule has 0 radical (unpaired) electrons. The molecule has 1 aromatic heterocycles. The van der Waals surface area contributed by atoms with Gasteiger partial charge in [-0.05, 0) is 71.7 Å². The molecule has 0 saturated carbocycles. The van der Waals surface area contributed by atoms with Crippen LogP contribution in [0.3, 0.4) is 0 Å². The normalized spacial score (nSPS) is 24.1. The number of halogens is 1. The van der Waals surface area contributed by atoms with Crippen molar-refractivity contribution in [1.29, 1.82) is 0 Å². The largest absolute Gasteiger partial charge is 0.340 e. The Hall–Kier alpha value is -1.06. The number of benzene rings is 1. The Bertz CT molecular complexity index is 683. The van der Waals surface area contributed by atoms with E-state index in [1.54, 1.807) is 0 Å². The Labute approximate surface area is 131 Å². The van der Waals surface area contributed by atoms with Gasteiger partial charge in [0.25, 0.3) is 0 Å². The van der Waals surface area contributed by atoms with Gasteiger partial charge in [0.1, 0.15) is 5.82 Å². The topological polar surface area (TPSA) is 31.9 Å². The van der Waals surface area contributed by atoms with Gasteiger partial charge in [-0.2, -0.15) is 0 Å². The fraction of sp³-hybridized carbons (Fsp3) is 0.588. The van der Waals surface area contributed by atoms with Gasteiger partial charge in [0, 0.05) is 10.6 Å². The van der Waals surface area contributed by atoms with Gasteiger partial charge >= 0.3 is 0 Å². The SMILES string of the molecule is Cc1c(Cl)ccc2[nH]c([C@]3(C)CCCN3C(C)(C)C)nc12. The van der Waals surface area contributed by atoms with Gasteiger partial charge in [-0.1, -0.05) is 11.6 Å². The lowest BCUT2D eigenvalue weighted by Gasteiger charge is -2.43. The van der Waals surface area contributed by atoms with Crippen LogP contribution in [0, 0.1) is 6.92 Å². The van der Waals surface area contributed by atoms with E-state index < -0.39 is 0 Å². The zero-order valence-corrected chi connectivity index (χ0v) is 14.3. The maximum absolute atomic E-state index is 6.23. The smallest absolute Gasteiger partial charge is 0.127 e. The molecule has 0 amide bonds. The zero-order chi connectivity index (χ0) is 15.4. The molecule has 1 aliphatic heterocycles. The van der Waals surface area contributed by atoms with Crippen LogP contribution in [0.4, 0.5) is 0 Å². The minimum Gasteiger partial charge on any atom is -0.340 e. The van der Waals surface area contributed by atoms with E-state index >= 15 is 0 Å². The summed E-state index contributed by atoms with van der Waals surface area (Å²) in [6.45, 7) is 12.3. The van der Waals surface area contributed by atoms with Crippen LogP contribution in [-0.4, -0.2) is 27.0 Å². The summed E-state index contributed by atoms with van der Waals surface area (Å²) in [6, 6.07) is 3.97. The summed E-state index contributed by atoms with van der Waals surface area (Å²) in [5.74, 6) is 1.07. The van der Waals surface area contributed by atoms with E-state index in [1.165, 1.54) is 6.42 Å². The Kier molecular flexibility index (Phi) is 3.34. The first kappa shape index (κ1) is 14.9. The zero-order valence-electron chi connectivity index (χ0n) is 13.5. The van der Waals surface area contributed by atoms with Crippen LogP contribution in [0.1, 0.15) is 51.9 Å². The monoisotopic (exact) mass is 305 g/mol. The van der Waals surface area contributed by atoms with E-state index in [4.69, 9.17) is 16.6 Å². The Balaban J connectivity index is 2.13. The predicted octanol–water partition coefficient (Wildman–Crippen LogP) is 4.63. The average molecular weight is 306 g/mol. The second kappa shape index (κ2) is 4.72. The molecule has 0 aliphatic carbocycles. The third-order valence-corrected chi connectivity index (χ3v) is 5.21. The van der Waals surface area contributed by atoms with Gasteiger partial charge in [0.15, 0.2) is 0 Å². The number of nitrogens with zero attached hydrogens (tertiary/aromatic N) is 2. The molecule has 1 fully saturated rings. The highest BCUT2D eigenvalue weighted by molar-refractivity contribution is 6.32. The lowest BCUT2D eigenvalue weighted by atomic mass is 9.93. The van der Waals surface area contributed by atoms with Crippen LogP contribution >= 0.6 is 11.6 Å². The molecule has 1 saturated heterocycles. The lowest BCUT2D eigenvalue weighted by Crippen LogP contribution is -2.50. The first-order valence-corrected chi connectivity index (χ1v) is 8.04. The number of hydrogen-bond acceptors (Lipinski definition) is 2. The van der Waals surface area contributed by atoms with Gasteiger partial charge in [-0.15, -0.1) is 0 Å². The van der Waals surface area contributed by atoms with E-state index in [1.807, 2.05) is 19.1 Å². The summed E-state index contributed by atoms with van der Waals surface area (Å²) in [5.41, 5.74) is 3.24. The molecular formula is C17H24ClN3. The van der Waals surface area contributed by atoms with Crippen molar-refractivity contribution in [2.75, 3.05) is 6.54 Å². The molecule has 0 unspecified atom stereocenters. The highest BCUT2D eigenvalue weighted by Crippen LogP contribution is 2.42. The van der Waals surface area contributed by atoms with Crippen molar-refractivity contribution in [3.63, 3.8) is 0 Å². The molecule has 0 bridgehead atoms. The van der Waals surface area contributed by atoms with Gasteiger partial charge in [0.2, 0.25) is 0 Å². The summed E-state index contributed by atoms with van der Waals surface area (Å²) in [4.78, 5) is 11.0. The summed E-state index contributed by atoms with van der Waals surface area (Å²) >= 11 is 6.23. The molecule has 1 atom stereocenters. The molecule has 2 heterocycles. The Morgan fingerprint density at radius 1 is 1.33 bits per heavy atom. The fourth-order valence-corrected chi connectivity index (χ4v) is 3.88. The maximum Gasteiger partial charge on any atom is 0.127 e. The van der Waals surface area contributed by atoms with Gasteiger partial charge < -0.3 is 4.98 Å². The van der Waals surface area contributed by atoms with Crippen LogP contribution < -0.4 is 0 Å². The van der Waals surface area contributed by atoms with Crippen molar-refractivity contribution in [3.05, 3.63) is 28.5 Å². The number of nitrogens with one attached hydrogen (secondary N) is 1. The van der Waals surface area contributed by atoms with E-state index in [0.29, 0.717) is 0 Å². The molecule has 1 N–H and O–H groups in total. The van der Waals surface area contributed by atoms with E-state index in [9.17, 15) is 0 Å². The third-order valence-electron chi connectivity index (χ3n) is 4.80. The van der Waals surface area contributed by atoms with Crippen molar-refractivity contribution in [1.82, 2.24) is 14.9 Å². The van der Waals surface area contributed by atoms with Gasteiger partial charge in [-0.3, -0.25) is 4.90 Å². The van der Waals surface area contributed by atoms with Crippen LogP contribution in [0.15, 0.2) is 12.1 Å². The summed E-state index contributed by atoms with van der Waals surface area (Å²) in [7, 11) is 0. The number of aromatic nitrogens is 2. The molecule has 2 aromatic rings. The standard InChI is InChI=1S/C17H24ClN3/c1-11-12(18)7-8-13-14(11)20-15(19-13)17(5)9-6-10-21(17)16(2,3)4/h7-8H,6,9-10H2,1-5H3,(H,19,20)/t17-/m0/s1. The number of likely N-dealkylation sites (tertiary alicyclic amines) is 1. The molecule has 3 nitrogen and oxygen atoms in total. The fourth-order valence-electron chi connectivity index (χ4n) is 3.73. The molecule has 1 aliphatic rings. The van der Waals surface area contributed by atoms with Crippen LogP contribution in [0.5, 0.6) is 0 Å². The minimum atomic E-state index is -0.0316. The van der Waals surface area contributed by atoms with Gasteiger partial charge in [-0.25, -0.2) is 4.98 Å². The number of rotatable bonds is 1. The van der Waals surface area contributed by atoms with Crippen LogP contribution in [0.25, 0.3) is 11.0 Å². The van der Waals surface area contributed by atoms with Gasteiger partial charge in [0.05, 0.1) is 16.6 Å². The molecule has 3 rings (SSSR count). The molecular weight excluding hydrogens is 282 g/mol. The predicted molar refractivity (Wildman–Crippen MR) is 88.9 cm³/mol. The van der Waals surface area contributed by atoms with E-state index in [2.05, 4.69) is 37.6 Å². The van der Waals surface area contributed by atoms with E-state index in [-0.39, 0.29) is 11.1 Å². The Morgan fingerprint density at radius 2 is 2.05 bits per heavy atom. The number of H-pyrrole nitrogens is 1. The first-order valence-electron chi connectivity index (χ1n) is 7.66. The maximum atomic E-state index is 6.23. The number of imidazole rings is 1. The summed E-state index contributed by atoms with van der Waals surface area (Å²) < 4.78 is 0. The second-order valence-corrected chi connectivity index (χ2v) is 7.76. The second-order valence-electron chi connectivity index (χ2n) is 7.35. The number of aryl methyl sites for hydroxylation is 1. The number of fused-ring (bicyclic) bond motifs is 1. The Morgan fingerprint density at radius 3 is 2.71 bits per heavy atom. The minimum absolute atomic E-state index is 0.0316. The van der Waals surface area contributed by atoms with Crippen LogP contribution in [0.2, 0.25) is 5.02 Å². The highest BCUT2D eigenvalue weighted by atomic mass is 35.5. The molecule has 0 spiro atoms. The summed E-state index contributed by atoms with van der Waals surface area (Å²) in [6.07, 6.45) is 2.35. The summed E-state index contributed by atoms with van der Waals surface area (Å²) in [5, 5.41) is 0.782. The third kappa shape index (κ3) is 2.27. The van der Waals surface area contributed by atoms with Crippen LogP contribution in [-0.2, 0) is 5.54 Å². The van der Waals surface area contributed by atoms with Crippen molar-refractivity contribution in [3.8, 4) is 0 Å².